The van der Waals surface area contributed by atoms with E-state index in [9.17, 15) is 9.90 Å². The predicted octanol–water partition coefficient (Wildman–Crippen LogP) is 5.13. The largest absolute Gasteiger partial charge is 0.455 e. The molecule has 0 amide bonds. The Kier molecular flexibility index (Phi) is 6.39. The molecule has 4 nitrogen and oxygen atoms in total. The van der Waals surface area contributed by atoms with E-state index in [2.05, 4.69) is 18.8 Å². The monoisotopic (exact) mass is 379 g/mol. The lowest BCUT2D eigenvalue weighted by molar-refractivity contribution is -0.147. The average molecular weight is 380 g/mol. The van der Waals surface area contributed by atoms with Crippen LogP contribution in [-0.2, 0) is 9.53 Å². The van der Waals surface area contributed by atoms with Crippen molar-refractivity contribution < 1.29 is 14.6 Å². The summed E-state index contributed by atoms with van der Waals surface area (Å²) in [6.45, 7) is 6.27. The van der Waals surface area contributed by atoms with Gasteiger partial charge in [-0.3, -0.25) is 4.79 Å². The predicted molar refractivity (Wildman–Crippen MR) is 104 cm³/mol. The number of aliphatic hydroxyl groups is 1. The van der Waals surface area contributed by atoms with Crippen LogP contribution < -0.4 is 0 Å². The van der Waals surface area contributed by atoms with Gasteiger partial charge in [-0.1, -0.05) is 26.7 Å². The number of ether oxygens (including phenoxy) is 1. The second-order valence-electron chi connectivity index (χ2n) is 8.63. The molecule has 146 valence electrons. The highest BCUT2D eigenvalue weighted by Crippen LogP contribution is 2.58. The minimum Gasteiger partial charge on any atom is -0.455 e. The van der Waals surface area contributed by atoms with Gasteiger partial charge in [0.25, 0.3) is 0 Å². The molecule has 3 rings (SSSR count). The van der Waals surface area contributed by atoms with Crippen LogP contribution >= 0.6 is 11.3 Å². The molecule has 26 heavy (non-hydrogen) atoms. The Balaban J connectivity index is 1.55. The molecule has 0 radical (unpaired) electrons. The fourth-order valence-electron chi connectivity index (χ4n) is 5.78. The van der Waals surface area contributed by atoms with Crippen molar-refractivity contribution in [1.29, 1.82) is 0 Å². The van der Waals surface area contributed by atoms with Crippen molar-refractivity contribution in [2.24, 2.45) is 23.2 Å². The van der Waals surface area contributed by atoms with Gasteiger partial charge in [-0.25, -0.2) is 4.98 Å². The molecule has 5 heteroatoms. The molecule has 2 aliphatic carbocycles. The number of hydrogen-bond donors (Lipinski definition) is 1. The van der Waals surface area contributed by atoms with Crippen LogP contribution in [0.4, 0.5) is 0 Å². The number of rotatable bonds is 7. The number of esters is 1. The van der Waals surface area contributed by atoms with Crippen molar-refractivity contribution in [3.8, 4) is 0 Å². The first kappa shape index (κ1) is 19.8. The lowest BCUT2D eigenvalue weighted by Gasteiger charge is -2.45. The Morgan fingerprint density at radius 3 is 2.92 bits per heavy atom. The summed E-state index contributed by atoms with van der Waals surface area (Å²) in [4.78, 5) is 15.7. The molecule has 6 atom stereocenters. The summed E-state index contributed by atoms with van der Waals surface area (Å²) in [6, 6.07) is 0. The first-order chi connectivity index (χ1) is 12.4. The van der Waals surface area contributed by atoms with E-state index < -0.39 is 0 Å². The lowest BCUT2D eigenvalue weighted by Crippen LogP contribution is -2.41. The van der Waals surface area contributed by atoms with Crippen LogP contribution in [0.25, 0.3) is 0 Å². The smallest absolute Gasteiger partial charge is 0.303 e. The Morgan fingerprint density at radius 1 is 1.42 bits per heavy atom. The van der Waals surface area contributed by atoms with E-state index in [1.807, 2.05) is 5.38 Å². The van der Waals surface area contributed by atoms with Crippen molar-refractivity contribution in [1.82, 2.24) is 4.98 Å². The third kappa shape index (κ3) is 4.14. The lowest BCUT2D eigenvalue weighted by atomic mass is 9.61. The van der Waals surface area contributed by atoms with E-state index in [0.717, 1.165) is 37.1 Å². The molecule has 1 heterocycles. The van der Waals surface area contributed by atoms with Gasteiger partial charge in [0.1, 0.15) is 5.01 Å². The number of nitrogens with zero attached hydrogens (tertiary/aromatic N) is 1. The number of thiazole rings is 1. The highest BCUT2D eigenvalue weighted by Gasteiger charge is 2.51. The van der Waals surface area contributed by atoms with Crippen molar-refractivity contribution in [3.63, 3.8) is 0 Å². The van der Waals surface area contributed by atoms with Gasteiger partial charge in [-0.15, -0.1) is 11.3 Å². The normalized spacial score (nSPS) is 33.5. The third-order valence-electron chi connectivity index (χ3n) is 7.01. The number of carbonyl (C=O) groups excluding carboxylic acids is 1. The molecule has 1 aromatic rings. The van der Waals surface area contributed by atoms with Crippen molar-refractivity contribution >= 4 is 17.3 Å². The molecule has 0 aliphatic heterocycles. The second kappa shape index (κ2) is 8.39. The van der Waals surface area contributed by atoms with E-state index in [1.54, 1.807) is 17.5 Å². The Bertz CT molecular complexity index is 590. The van der Waals surface area contributed by atoms with Crippen LogP contribution in [0.2, 0.25) is 0 Å². The molecule has 1 aromatic heterocycles. The summed E-state index contributed by atoms with van der Waals surface area (Å²) in [7, 11) is 0. The quantitative estimate of drug-likeness (QED) is 0.667. The zero-order valence-corrected chi connectivity index (χ0v) is 17.1. The average Bonchev–Trinajstić information content (AvgIpc) is 3.21. The maximum atomic E-state index is 11.4. The van der Waals surface area contributed by atoms with Crippen molar-refractivity contribution in [3.05, 3.63) is 16.6 Å². The van der Waals surface area contributed by atoms with E-state index in [-0.39, 0.29) is 18.2 Å². The summed E-state index contributed by atoms with van der Waals surface area (Å²) in [5.74, 6) is 1.60. The SMILES string of the molecule is CC(=O)OC(CCCC(C)C1CCC2C(O)CCCC12C)c1nccs1. The molecule has 0 bridgehead atoms. The van der Waals surface area contributed by atoms with Crippen molar-refractivity contribution in [2.75, 3.05) is 0 Å². The summed E-state index contributed by atoms with van der Waals surface area (Å²) in [6.07, 6.45) is 10.3. The summed E-state index contributed by atoms with van der Waals surface area (Å²) in [5, 5.41) is 13.3. The second-order valence-corrected chi connectivity index (χ2v) is 9.56. The number of carbonyl (C=O) groups is 1. The van der Waals surface area contributed by atoms with Crippen LogP contribution in [0.5, 0.6) is 0 Å². The first-order valence-electron chi connectivity index (χ1n) is 10.2. The third-order valence-corrected chi connectivity index (χ3v) is 7.88. The van der Waals surface area contributed by atoms with Crippen LogP contribution in [0.15, 0.2) is 11.6 Å². The highest BCUT2D eigenvalue weighted by molar-refractivity contribution is 7.09. The van der Waals surface area contributed by atoms with Gasteiger partial charge in [-0.2, -0.15) is 0 Å². The Morgan fingerprint density at radius 2 is 2.23 bits per heavy atom. The van der Waals surface area contributed by atoms with Gasteiger partial charge in [-0.05, 0) is 61.7 Å². The summed E-state index contributed by atoms with van der Waals surface area (Å²) >= 11 is 1.56. The molecule has 0 spiro atoms. The standard InChI is InChI=1S/C21H33NO3S/c1-14(16-9-10-17-18(24)7-5-11-21(16,17)3)6-4-8-19(25-15(2)23)20-22-12-13-26-20/h12-14,16-19,24H,4-11H2,1-3H3. The maximum absolute atomic E-state index is 11.4. The molecule has 1 N–H and O–H groups in total. The minimum absolute atomic E-state index is 0.0933. The van der Waals surface area contributed by atoms with E-state index in [0.29, 0.717) is 23.2 Å². The van der Waals surface area contributed by atoms with Gasteiger partial charge in [0.2, 0.25) is 0 Å². The molecular formula is C21H33NO3S. The molecular weight excluding hydrogens is 346 g/mol. The van der Waals surface area contributed by atoms with Gasteiger partial charge >= 0.3 is 5.97 Å². The molecule has 6 unspecified atom stereocenters. The molecule has 2 saturated carbocycles. The van der Waals surface area contributed by atoms with E-state index >= 15 is 0 Å². The molecule has 0 aromatic carbocycles. The fraction of sp³-hybridized carbons (Fsp3) is 0.810. The van der Waals surface area contributed by atoms with Gasteiger partial charge < -0.3 is 9.84 Å². The zero-order valence-electron chi connectivity index (χ0n) is 16.3. The van der Waals surface area contributed by atoms with Gasteiger partial charge in [0, 0.05) is 18.5 Å². The molecule has 2 fully saturated rings. The number of fused-ring (bicyclic) bond motifs is 1. The topological polar surface area (TPSA) is 59.4 Å². The van der Waals surface area contributed by atoms with E-state index in [1.165, 1.54) is 26.2 Å². The van der Waals surface area contributed by atoms with Crippen LogP contribution in [0, 0.1) is 23.2 Å². The number of hydrogen-bond acceptors (Lipinski definition) is 5. The Labute approximate surface area is 161 Å². The zero-order chi connectivity index (χ0) is 18.7. The molecule has 2 aliphatic rings. The fourth-order valence-corrected chi connectivity index (χ4v) is 6.48. The van der Waals surface area contributed by atoms with Crippen LogP contribution in [0.3, 0.4) is 0 Å². The van der Waals surface area contributed by atoms with Crippen molar-refractivity contribution in [2.45, 2.75) is 84.3 Å². The van der Waals surface area contributed by atoms with Gasteiger partial charge in [0.15, 0.2) is 6.10 Å². The van der Waals surface area contributed by atoms with E-state index in [4.69, 9.17) is 4.74 Å². The first-order valence-corrected chi connectivity index (χ1v) is 11.0. The minimum atomic E-state index is -0.236. The Hall–Kier alpha value is -0.940. The summed E-state index contributed by atoms with van der Waals surface area (Å²) < 4.78 is 5.50. The highest BCUT2D eigenvalue weighted by atomic mass is 32.1. The maximum Gasteiger partial charge on any atom is 0.303 e. The summed E-state index contributed by atoms with van der Waals surface area (Å²) in [5.41, 5.74) is 0.307. The van der Waals surface area contributed by atoms with Crippen LogP contribution in [0.1, 0.15) is 83.2 Å². The number of aromatic nitrogens is 1. The molecule has 0 saturated heterocycles. The van der Waals surface area contributed by atoms with Crippen LogP contribution in [-0.4, -0.2) is 22.2 Å². The number of aliphatic hydroxyl groups excluding tert-OH is 1. The van der Waals surface area contributed by atoms with Gasteiger partial charge in [0.05, 0.1) is 6.10 Å².